The summed E-state index contributed by atoms with van der Waals surface area (Å²) < 4.78 is 38.9. The molecule has 0 radical (unpaired) electrons. The summed E-state index contributed by atoms with van der Waals surface area (Å²) >= 11 is 0. The summed E-state index contributed by atoms with van der Waals surface area (Å²) in [4.78, 5) is 11.0. The first kappa shape index (κ1) is 20.7. The maximum Gasteiger partial charge on any atom is 0.329 e. The molecular formula is C18H27NO6S. The Kier molecular flexibility index (Phi) is 6.65. The van der Waals surface area contributed by atoms with Gasteiger partial charge in [0.25, 0.3) is 0 Å². The topological polar surface area (TPSA) is 93.1 Å². The number of carboxylic acids is 1. The number of rotatable bonds is 7. The number of piperidine rings is 1. The summed E-state index contributed by atoms with van der Waals surface area (Å²) in [6.07, 6.45) is 2.30. The normalized spacial score (nSPS) is 21.5. The van der Waals surface area contributed by atoms with Crippen LogP contribution >= 0.6 is 0 Å². The summed E-state index contributed by atoms with van der Waals surface area (Å²) in [5.74, 6) is -0.447. The first-order valence-electron chi connectivity index (χ1n) is 8.66. The number of sulfonamides is 1. The van der Waals surface area contributed by atoms with Crippen molar-refractivity contribution in [1.82, 2.24) is 4.31 Å². The highest BCUT2D eigenvalue weighted by molar-refractivity contribution is 7.89. The van der Waals surface area contributed by atoms with Gasteiger partial charge in [-0.25, -0.2) is 13.2 Å². The van der Waals surface area contributed by atoms with Crippen molar-refractivity contribution in [2.75, 3.05) is 20.3 Å². The van der Waals surface area contributed by atoms with E-state index in [2.05, 4.69) is 0 Å². The van der Waals surface area contributed by atoms with Crippen LogP contribution in [0.25, 0.3) is 0 Å². The third-order valence-electron chi connectivity index (χ3n) is 4.69. The first-order chi connectivity index (χ1) is 12.2. The lowest BCUT2D eigenvalue weighted by Crippen LogP contribution is -2.51. The van der Waals surface area contributed by atoms with Crippen molar-refractivity contribution in [2.24, 2.45) is 0 Å². The molecular weight excluding hydrogens is 358 g/mol. The summed E-state index contributed by atoms with van der Waals surface area (Å²) in [7, 11) is -2.20. The van der Waals surface area contributed by atoms with Crippen molar-refractivity contribution >= 4 is 16.0 Å². The number of aliphatic carboxylic acids is 1. The van der Waals surface area contributed by atoms with E-state index >= 15 is 0 Å². The van der Waals surface area contributed by atoms with Crippen LogP contribution in [0.3, 0.4) is 0 Å². The molecule has 26 heavy (non-hydrogen) atoms. The average molecular weight is 385 g/mol. The lowest BCUT2D eigenvalue weighted by Gasteiger charge is -2.39. The average Bonchev–Trinajstić information content (AvgIpc) is 2.53. The molecule has 2 atom stereocenters. The van der Waals surface area contributed by atoms with E-state index in [1.54, 1.807) is 33.1 Å². The third kappa shape index (κ3) is 4.36. The van der Waals surface area contributed by atoms with Gasteiger partial charge in [-0.15, -0.1) is 0 Å². The molecule has 146 valence electrons. The van der Waals surface area contributed by atoms with Crippen LogP contribution in [0.1, 0.15) is 37.3 Å². The molecule has 1 N–H and O–H groups in total. The molecule has 1 aliphatic heterocycles. The number of ether oxygens (including phenoxy) is 2. The summed E-state index contributed by atoms with van der Waals surface area (Å²) in [6, 6.07) is 2.88. The van der Waals surface area contributed by atoms with E-state index < -0.39 is 22.6 Å². The number of aryl methyl sites for hydroxylation is 2. The summed E-state index contributed by atoms with van der Waals surface area (Å²) in [6.45, 7) is 5.04. The lowest BCUT2D eigenvalue weighted by atomic mass is 10.0. The number of nitrogens with zero attached hydrogens (tertiary/aromatic N) is 1. The van der Waals surface area contributed by atoms with Crippen LogP contribution in [0.5, 0.6) is 5.75 Å². The predicted octanol–water partition coefficient (Wildman–Crippen LogP) is 2.34. The first-order valence-corrected chi connectivity index (χ1v) is 10.1. The Morgan fingerprint density at radius 1 is 1.27 bits per heavy atom. The van der Waals surface area contributed by atoms with E-state index in [1.165, 1.54) is 4.31 Å². The Bertz CT molecular complexity index is 738. The highest BCUT2D eigenvalue weighted by atomic mass is 32.2. The molecule has 1 heterocycles. The largest absolute Gasteiger partial charge is 0.497 e. The van der Waals surface area contributed by atoms with Gasteiger partial charge in [-0.3, -0.25) is 0 Å². The summed E-state index contributed by atoms with van der Waals surface area (Å²) in [5.41, 5.74) is 1.26. The molecule has 0 amide bonds. The Labute approximate surface area is 155 Å². The van der Waals surface area contributed by atoms with Crippen LogP contribution in [0, 0.1) is 13.8 Å². The van der Waals surface area contributed by atoms with Crippen LogP contribution < -0.4 is 4.74 Å². The second kappa shape index (κ2) is 8.37. The molecule has 1 fully saturated rings. The molecule has 2 rings (SSSR count). The molecule has 0 saturated carbocycles. The second-order valence-corrected chi connectivity index (χ2v) is 8.55. The van der Waals surface area contributed by atoms with E-state index in [0.29, 0.717) is 23.3 Å². The van der Waals surface area contributed by atoms with E-state index in [9.17, 15) is 13.2 Å². The maximum absolute atomic E-state index is 13.5. The number of hydrogen-bond acceptors (Lipinski definition) is 5. The molecule has 1 aromatic carbocycles. The molecule has 0 spiro atoms. The number of benzene rings is 1. The highest BCUT2D eigenvalue weighted by Crippen LogP contribution is 2.34. The number of carbonyl (C=O) groups is 1. The SMILES string of the molecule is COc1cc(C)c(S(=O)(=O)N2[C@H](COCC(=O)O)CCC[C@@H]2C)c(C)c1. The van der Waals surface area contributed by atoms with Gasteiger partial charge in [0.15, 0.2) is 0 Å². The summed E-state index contributed by atoms with van der Waals surface area (Å²) in [5, 5.41) is 8.75. The number of hydrogen-bond donors (Lipinski definition) is 1. The van der Waals surface area contributed by atoms with E-state index in [4.69, 9.17) is 14.6 Å². The minimum Gasteiger partial charge on any atom is -0.497 e. The standard InChI is InChI=1S/C18H27NO6S/c1-12-8-16(24-4)9-13(2)18(12)26(22,23)19-14(3)6-5-7-15(19)10-25-11-17(20)21/h8-9,14-15H,5-7,10-11H2,1-4H3,(H,20,21)/t14-,15-/m0/s1. The van der Waals surface area contributed by atoms with Crippen LogP contribution in [0.2, 0.25) is 0 Å². The number of carboxylic acid groups (broad SMARTS) is 1. The van der Waals surface area contributed by atoms with E-state index in [1.807, 2.05) is 6.92 Å². The van der Waals surface area contributed by atoms with Crippen molar-refractivity contribution in [3.63, 3.8) is 0 Å². The minimum atomic E-state index is -3.75. The van der Waals surface area contributed by atoms with Gasteiger partial charge in [-0.2, -0.15) is 4.31 Å². The van der Waals surface area contributed by atoms with Gasteiger partial charge in [0.2, 0.25) is 10.0 Å². The highest BCUT2D eigenvalue weighted by Gasteiger charge is 2.39. The molecule has 0 bridgehead atoms. The zero-order valence-electron chi connectivity index (χ0n) is 15.7. The monoisotopic (exact) mass is 385 g/mol. The van der Waals surface area contributed by atoms with Crippen molar-refractivity contribution < 1.29 is 27.8 Å². The number of methoxy groups -OCH3 is 1. The van der Waals surface area contributed by atoms with Crippen molar-refractivity contribution in [3.05, 3.63) is 23.3 Å². The molecule has 1 aromatic rings. The molecule has 0 aromatic heterocycles. The predicted molar refractivity (Wildman–Crippen MR) is 97.0 cm³/mol. The van der Waals surface area contributed by atoms with Gasteiger partial charge in [0, 0.05) is 12.1 Å². The Morgan fingerprint density at radius 3 is 2.42 bits per heavy atom. The van der Waals surface area contributed by atoms with E-state index in [0.717, 1.165) is 12.8 Å². The van der Waals surface area contributed by atoms with E-state index in [-0.39, 0.29) is 23.6 Å². The molecule has 1 aliphatic rings. The van der Waals surface area contributed by atoms with Gasteiger partial charge < -0.3 is 14.6 Å². The Hall–Kier alpha value is -1.64. The van der Waals surface area contributed by atoms with Gasteiger partial charge in [-0.1, -0.05) is 6.42 Å². The fraction of sp³-hybridized carbons (Fsp3) is 0.611. The fourth-order valence-electron chi connectivity index (χ4n) is 3.68. The lowest BCUT2D eigenvalue weighted by molar-refractivity contribution is -0.142. The fourth-order valence-corrected chi connectivity index (χ4v) is 5.96. The van der Waals surface area contributed by atoms with Gasteiger partial charge in [0.1, 0.15) is 12.4 Å². The molecule has 0 unspecified atom stereocenters. The van der Waals surface area contributed by atoms with Crippen LogP contribution in [-0.2, 0) is 19.6 Å². The zero-order valence-corrected chi connectivity index (χ0v) is 16.5. The quantitative estimate of drug-likeness (QED) is 0.774. The van der Waals surface area contributed by atoms with Crippen LogP contribution in [0.4, 0.5) is 0 Å². The Balaban J connectivity index is 2.38. The maximum atomic E-state index is 13.5. The minimum absolute atomic E-state index is 0.0735. The van der Waals surface area contributed by atoms with Gasteiger partial charge in [-0.05, 0) is 56.9 Å². The third-order valence-corrected chi connectivity index (χ3v) is 7.07. The van der Waals surface area contributed by atoms with Crippen molar-refractivity contribution in [3.8, 4) is 5.75 Å². The Morgan fingerprint density at radius 2 is 1.88 bits per heavy atom. The zero-order chi connectivity index (χ0) is 19.5. The van der Waals surface area contributed by atoms with Gasteiger partial charge in [0.05, 0.1) is 18.6 Å². The van der Waals surface area contributed by atoms with Crippen LogP contribution in [-0.4, -0.2) is 56.2 Å². The molecule has 7 nitrogen and oxygen atoms in total. The van der Waals surface area contributed by atoms with Crippen molar-refractivity contribution in [1.29, 1.82) is 0 Å². The molecule has 0 aliphatic carbocycles. The molecule has 8 heteroatoms. The molecule has 1 saturated heterocycles. The smallest absolute Gasteiger partial charge is 0.329 e. The van der Waals surface area contributed by atoms with Crippen LogP contribution in [0.15, 0.2) is 17.0 Å². The van der Waals surface area contributed by atoms with Gasteiger partial charge >= 0.3 is 5.97 Å². The second-order valence-electron chi connectivity index (χ2n) is 6.77. The van der Waals surface area contributed by atoms with Crippen molar-refractivity contribution in [2.45, 2.75) is 57.0 Å².